The SMILES string of the molecule is CN(C)c1nc(NC[C@H]2CC[C@H](CNS(=O)(=O)c3c(F)c(Br)cc(F)c3Br)CC2)nc2ccccc12. The van der Waals surface area contributed by atoms with Gasteiger partial charge in [0.2, 0.25) is 16.0 Å². The molecule has 1 aromatic heterocycles. The Kier molecular flexibility index (Phi) is 8.48. The summed E-state index contributed by atoms with van der Waals surface area (Å²) in [7, 11) is -0.324. The molecule has 36 heavy (non-hydrogen) atoms. The second-order valence-electron chi connectivity index (χ2n) is 9.20. The molecule has 0 amide bonds. The fourth-order valence-electron chi connectivity index (χ4n) is 4.44. The van der Waals surface area contributed by atoms with Crippen molar-refractivity contribution in [2.24, 2.45) is 11.8 Å². The number of sulfonamides is 1. The Morgan fingerprint density at radius 1 is 1.03 bits per heavy atom. The van der Waals surface area contributed by atoms with E-state index in [0.717, 1.165) is 55.0 Å². The number of anilines is 2. The number of nitrogens with zero attached hydrogens (tertiary/aromatic N) is 3. The first kappa shape index (κ1) is 27.2. The van der Waals surface area contributed by atoms with Crippen molar-refractivity contribution < 1.29 is 17.2 Å². The molecule has 2 aromatic carbocycles. The van der Waals surface area contributed by atoms with Gasteiger partial charge in [0.15, 0.2) is 5.82 Å². The quantitative estimate of drug-likeness (QED) is 0.306. The van der Waals surface area contributed by atoms with E-state index in [4.69, 9.17) is 0 Å². The van der Waals surface area contributed by atoms with Crippen molar-refractivity contribution in [3.05, 3.63) is 50.9 Å². The van der Waals surface area contributed by atoms with Crippen LogP contribution in [-0.2, 0) is 10.0 Å². The number of para-hydroxylation sites is 1. The van der Waals surface area contributed by atoms with Crippen LogP contribution in [0, 0.1) is 23.5 Å². The standard InChI is InChI=1S/C24H27Br2F2N5O2S/c1-33(2)23-16-5-3-4-6-19(16)31-24(32-23)29-12-14-7-9-15(10-8-14)13-30-36(34,35)22-20(26)18(27)11-17(25)21(22)28/h3-6,11,14-15,30H,7-10,12-13H2,1-2H3,(H,29,31,32)/t14-,15-. The summed E-state index contributed by atoms with van der Waals surface area (Å²) in [5, 5.41) is 4.36. The minimum Gasteiger partial charge on any atom is -0.362 e. The Labute approximate surface area is 226 Å². The molecule has 0 spiro atoms. The third-order valence-electron chi connectivity index (χ3n) is 6.42. The molecule has 0 atom stereocenters. The van der Waals surface area contributed by atoms with Crippen molar-refractivity contribution in [1.29, 1.82) is 0 Å². The molecule has 0 saturated heterocycles. The molecule has 0 unspecified atom stereocenters. The van der Waals surface area contributed by atoms with Crippen LogP contribution >= 0.6 is 31.9 Å². The summed E-state index contributed by atoms with van der Waals surface area (Å²) in [5.41, 5.74) is 0.878. The van der Waals surface area contributed by atoms with Crippen molar-refractivity contribution in [1.82, 2.24) is 14.7 Å². The van der Waals surface area contributed by atoms with Crippen molar-refractivity contribution in [3.63, 3.8) is 0 Å². The largest absolute Gasteiger partial charge is 0.362 e. The molecular weight excluding hydrogens is 620 g/mol. The van der Waals surface area contributed by atoms with Gasteiger partial charge >= 0.3 is 0 Å². The van der Waals surface area contributed by atoms with Crippen LogP contribution in [0.1, 0.15) is 25.7 Å². The van der Waals surface area contributed by atoms with Crippen LogP contribution in [0.3, 0.4) is 0 Å². The number of hydrogen-bond acceptors (Lipinski definition) is 6. The van der Waals surface area contributed by atoms with Crippen LogP contribution < -0.4 is 14.9 Å². The molecule has 0 aliphatic heterocycles. The smallest absolute Gasteiger partial charge is 0.244 e. The summed E-state index contributed by atoms with van der Waals surface area (Å²) in [6.45, 7) is 0.890. The summed E-state index contributed by atoms with van der Waals surface area (Å²) in [6.07, 6.45) is 3.48. The summed E-state index contributed by atoms with van der Waals surface area (Å²) >= 11 is 5.73. The normalized spacial score (nSPS) is 18.4. The van der Waals surface area contributed by atoms with Crippen molar-refractivity contribution in [3.8, 4) is 0 Å². The third-order valence-corrected chi connectivity index (χ3v) is 9.51. The van der Waals surface area contributed by atoms with E-state index in [1.54, 1.807) is 0 Å². The van der Waals surface area contributed by atoms with Crippen LogP contribution in [-0.4, -0.2) is 45.6 Å². The zero-order valence-corrected chi connectivity index (χ0v) is 23.9. The van der Waals surface area contributed by atoms with E-state index < -0.39 is 31.0 Å². The minimum atomic E-state index is -4.23. The highest BCUT2D eigenvalue weighted by molar-refractivity contribution is 9.11. The van der Waals surface area contributed by atoms with E-state index in [1.165, 1.54) is 0 Å². The molecule has 0 bridgehead atoms. The van der Waals surface area contributed by atoms with Gasteiger partial charge in [-0.05, 0) is 87.6 Å². The lowest BCUT2D eigenvalue weighted by Crippen LogP contribution is -2.33. The average molecular weight is 647 g/mol. The Bertz CT molecular complexity index is 1340. The van der Waals surface area contributed by atoms with Gasteiger partial charge in [-0.3, -0.25) is 0 Å². The van der Waals surface area contributed by atoms with Crippen molar-refractivity contribution >= 4 is 64.6 Å². The van der Waals surface area contributed by atoms with Gasteiger partial charge in [-0.15, -0.1) is 0 Å². The summed E-state index contributed by atoms with van der Waals surface area (Å²) in [4.78, 5) is 10.6. The fourth-order valence-corrected chi connectivity index (χ4v) is 7.18. The lowest BCUT2D eigenvalue weighted by molar-refractivity contribution is 0.284. The molecule has 1 aliphatic rings. The van der Waals surface area contributed by atoms with Gasteiger partial charge in [0.05, 0.1) is 14.5 Å². The molecule has 2 N–H and O–H groups in total. The molecule has 0 radical (unpaired) electrons. The molecule has 194 valence electrons. The molecule has 1 saturated carbocycles. The van der Waals surface area contributed by atoms with Crippen molar-refractivity contribution in [2.45, 2.75) is 30.6 Å². The molecule has 1 fully saturated rings. The van der Waals surface area contributed by atoms with E-state index in [2.05, 4.69) is 51.9 Å². The van der Waals surface area contributed by atoms with Gasteiger partial charge in [-0.1, -0.05) is 12.1 Å². The van der Waals surface area contributed by atoms with Gasteiger partial charge in [0.25, 0.3) is 0 Å². The molecular formula is C24H27Br2F2N5O2S. The predicted molar refractivity (Wildman–Crippen MR) is 145 cm³/mol. The highest BCUT2D eigenvalue weighted by Crippen LogP contribution is 2.34. The summed E-state index contributed by atoms with van der Waals surface area (Å²) < 4.78 is 55.7. The summed E-state index contributed by atoms with van der Waals surface area (Å²) in [6, 6.07) is 8.78. The van der Waals surface area contributed by atoms with E-state index in [0.29, 0.717) is 11.9 Å². The Morgan fingerprint density at radius 2 is 1.67 bits per heavy atom. The van der Waals surface area contributed by atoms with Crippen LogP contribution in [0.25, 0.3) is 10.9 Å². The van der Waals surface area contributed by atoms with Gasteiger partial charge in [-0.2, -0.15) is 4.98 Å². The number of aromatic nitrogens is 2. The van der Waals surface area contributed by atoms with E-state index in [1.807, 2.05) is 43.3 Å². The first-order chi connectivity index (χ1) is 17.1. The number of fused-ring (bicyclic) bond motifs is 1. The van der Waals surface area contributed by atoms with Crippen LogP contribution in [0.2, 0.25) is 0 Å². The van der Waals surface area contributed by atoms with Crippen LogP contribution in [0.15, 0.2) is 44.2 Å². The first-order valence-electron chi connectivity index (χ1n) is 11.6. The zero-order valence-electron chi connectivity index (χ0n) is 19.9. The monoisotopic (exact) mass is 645 g/mol. The third kappa shape index (κ3) is 5.98. The molecule has 1 heterocycles. The number of halogens is 4. The van der Waals surface area contributed by atoms with Crippen LogP contribution in [0.4, 0.5) is 20.5 Å². The van der Waals surface area contributed by atoms with Crippen molar-refractivity contribution in [2.75, 3.05) is 37.4 Å². The van der Waals surface area contributed by atoms with E-state index in [-0.39, 0.29) is 16.9 Å². The zero-order chi connectivity index (χ0) is 26.0. The highest BCUT2D eigenvalue weighted by Gasteiger charge is 2.29. The second-order valence-corrected chi connectivity index (χ2v) is 12.6. The topological polar surface area (TPSA) is 87.2 Å². The maximum atomic E-state index is 14.5. The summed E-state index contributed by atoms with van der Waals surface area (Å²) in [5.74, 6) is 0.0749. The predicted octanol–water partition coefficient (Wildman–Crippen LogP) is 5.70. The Hall–Kier alpha value is -1.89. The minimum absolute atomic E-state index is 0.118. The average Bonchev–Trinajstić information content (AvgIpc) is 2.85. The second kappa shape index (κ2) is 11.2. The van der Waals surface area contributed by atoms with E-state index in [9.17, 15) is 17.2 Å². The lowest BCUT2D eigenvalue weighted by atomic mass is 9.82. The molecule has 7 nitrogen and oxygen atoms in total. The molecule has 3 aromatic rings. The Morgan fingerprint density at radius 3 is 2.33 bits per heavy atom. The highest BCUT2D eigenvalue weighted by atomic mass is 79.9. The molecule has 12 heteroatoms. The van der Waals surface area contributed by atoms with Crippen LogP contribution in [0.5, 0.6) is 0 Å². The van der Waals surface area contributed by atoms with Gasteiger partial charge in [0, 0.05) is 32.6 Å². The maximum Gasteiger partial charge on any atom is 0.244 e. The molecule has 1 aliphatic carbocycles. The maximum absolute atomic E-state index is 14.5. The number of benzene rings is 2. The van der Waals surface area contributed by atoms with E-state index >= 15 is 0 Å². The first-order valence-corrected chi connectivity index (χ1v) is 14.6. The fraction of sp³-hybridized carbons (Fsp3) is 0.417. The van der Waals surface area contributed by atoms with Gasteiger partial charge in [0.1, 0.15) is 16.5 Å². The number of rotatable bonds is 8. The van der Waals surface area contributed by atoms with Gasteiger partial charge < -0.3 is 10.2 Å². The molecule has 4 rings (SSSR count). The van der Waals surface area contributed by atoms with Gasteiger partial charge in [-0.25, -0.2) is 26.9 Å². The lowest BCUT2D eigenvalue weighted by Gasteiger charge is -2.29. The number of hydrogen-bond donors (Lipinski definition) is 2. The number of nitrogens with one attached hydrogen (secondary N) is 2. The Balaban J connectivity index is 1.32.